The maximum Gasteiger partial charge on any atom is 0.339 e. The minimum Gasteiger partial charge on any atom is -0.485 e. The van der Waals surface area contributed by atoms with Crippen LogP contribution in [0.3, 0.4) is 0 Å². The Balaban J connectivity index is 2.16. The minimum atomic E-state index is -1.03. The van der Waals surface area contributed by atoms with Crippen molar-refractivity contribution in [3.8, 4) is 5.75 Å². The summed E-state index contributed by atoms with van der Waals surface area (Å²) in [5.41, 5.74) is 7.22. The molecule has 0 spiro atoms. The first-order chi connectivity index (χ1) is 8.59. The molecule has 1 aromatic carbocycles. The van der Waals surface area contributed by atoms with Crippen LogP contribution in [0.1, 0.15) is 21.7 Å². The Morgan fingerprint density at radius 3 is 2.89 bits per heavy atom. The number of aromatic nitrogens is 2. The number of carbonyl (C=O) groups is 1. The number of anilines is 1. The highest BCUT2D eigenvalue weighted by Gasteiger charge is 2.17. The largest absolute Gasteiger partial charge is 0.485 e. The number of aryl methyl sites for hydroxylation is 1. The molecule has 94 valence electrons. The third-order valence-corrected chi connectivity index (χ3v) is 2.52. The molecule has 0 unspecified atom stereocenters. The highest BCUT2D eigenvalue weighted by atomic mass is 16.5. The molecule has 1 heterocycles. The van der Waals surface area contributed by atoms with Gasteiger partial charge in [0.25, 0.3) is 0 Å². The van der Waals surface area contributed by atoms with Crippen molar-refractivity contribution in [2.75, 3.05) is 5.73 Å². The number of nitrogens with one attached hydrogen (secondary N) is 1. The predicted octanol–water partition coefficient (Wildman–Crippen LogP) is 1.58. The molecule has 0 saturated heterocycles. The Kier molecular flexibility index (Phi) is 3.18. The van der Waals surface area contributed by atoms with Crippen molar-refractivity contribution in [1.29, 1.82) is 0 Å². The van der Waals surface area contributed by atoms with Crippen LogP contribution in [-0.2, 0) is 6.61 Å². The lowest BCUT2D eigenvalue weighted by atomic mass is 10.2. The number of aromatic carboxylic acids is 1. The second-order valence-corrected chi connectivity index (χ2v) is 3.80. The number of nitrogens with two attached hydrogens (primary N) is 1. The summed E-state index contributed by atoms with van der Waals surface area (Å²) in [6, 6.07) is 7.02. The van der Waals surface area contributed by atoms with Gasteiger partial charge in [-0.25, -0.2) is 4.79 Å². The first-order valence-corrected chi connectivity index (χ1v) is 5.34. The number of rotatable bonds is 4. The highest BCUT2D eigenvalue weighted by Crippen LogP contribution is 2.21. The molecule has 18 heavy (non-hydrogen) atoms. The van der Waals surface area contributed by atoms with E-state index in [9.17, 15) is 4.79 Å². The van der Waals surface area contributed by atoms with Crippen LogP contribution in [-0.4, -0.2) is 21.3 Å². The number of ether oxygens (including phenoxy) is 1. The SMILES string of the molecule is Cc1[nH]nc(COc2ccccc2N)c1C(=O)O. The van der Waals surface area contributed by atoms with E-state index in [1.807, 2.05) is 0 Å². The van der Waals surface area contributed by atoms with Gasteiger partial charge in [0.2, 0.25) is 0 Å². The van der Waals surface area contributed by atoms with Crippen molar-refractivity contribution in [3.05, 3.63) is 41.2 Å². The van der Waals surface area contributed by atoms with Gasteiger partial charge in [0.15, 0.2) is 0 Å². The van der Waals surface area contributed by atoms with Crippen LogP contribution in [0.15, 0.2) is 24.3 Å². The number of H-pyrrole nitrogens is 1. The van der Waals surface area contributed by atoms with Crippen molar-refractivity contribution >= 4 is 11.7 Å². The van der Waals surface area contributed by atoms with Gasteiger partial charge in [-0.15, -0.1) is 0 Å². The number of nitrogen functional groups attached to an aromatic ring is 1. The van der Waals surface area contributed by atoms with E-state index in [1.54, 1.807) is 31.2 Å². The molecule has 6 nitrogen and oxygen atoms in total. The molecule has 0 aliphatic carbocycles. The Bertz CT molecular complexity index is 578. The molecule has 0 saturated carbocycles. The van der Waals surface area contributed by atoms with Gasteiger partial charge in [0, 0.05) is 5.69 Å². The lowest BCUT2D eigenvalue weighted by Crippen LogP contribution is -2.06. The lowest BCUT2D eigenvalue weighted by Gasteiger charge is -2.07. The van der Waals surface area contributed by atoms with Gasteiger partial charge in [-0.2, -0.15) is 5.10 Å². The minimum absolute atomic E-state index is 0.0557. The van der Waals surface area contributed by atoms with Gasteiger partial charge < -0.3 is 15.6 Å². The van der Waals surface area contributed by atoms with Crippen LogP contribution in [0.4, 0.5) is 5.69 Å². The molecule has 2 aromatic rings. The zero-order valence-corrected chi connectivity index (χ0v) is 9.80. The number of aromatic amines is 1. The molecule has 1 aromatic heterocycles. The number of benzene rings is 1. The molecule has 0 radical (unpaired) electrons. The van der Waals surface area contributed by atoms with Crippen molar-refractivity contribution in [2.24, 2.45) is 0 Å². The van der Waals surface area contributed by atoms with Crippen molar-refractivity contribution in [2.45, 2.75) is 13.5 Å². The van der Waals surface area contributed by atoms with E-state index >= 15 is 0 Å². The zero-order chi connectivity index (χ0) is 13.1. The molecule has 0 amide bonds. The summed E-state index contributed by atoms with van der Waals surface area (Å²) in [6.45, 7) is 1.71. The summed E-state index contributed by atoms with van der Waals surface area (Å²) in [4.78, 5) is 11.0. The van der Waals surface area contributed by atoms with Crippen LogP contribution in [0.25, 0.3) is 0 Å². The van der Waals surface area contributed by atoms with Crippen molar-refractivity contribution in [1.82, 2.24) is 10.2 Å². The Morgan fingerprint density at radius 2 is 2.22 bits per heavy atom. The fourth-order valence-corrected chi connectivity index (χ4v) is 1.63. The third kappa shape index (κ3) is 2.27. The standard InChI is InChI=1S/C12H13N3O3/c1-7-11(12(16)17)9(15-14-7)6-18-10-5-3-2-4-8(10)13/h2-5H,6,13H2,1H3,(H,14,15)(H,16,17). The Hall–Kier alpha value is -2.50. The van der Waals surface area contributed by atoms with E-state index in [4.69, 9.17) is 15.6 Å². The molecule has 0 aliphatic heterocycles. The maximum absolute atomic E-state index is 11.0. The summed E-state index contributed by atoms with van der Waals surface area (Å²) in [5.74, 6) is -0.518. The maximum atomic E-state index is 11.0. The van der Waals surface area contributed by atoms with Gasteiger partial charge in [0.05, 0.1) is 5.69 Å². The van der Waals surface area contributed by atoms with E-state index < -0.39 is 5.97 Å². The average Bonchev–Trinajstić information content (AvgIpc) is 2.69. The van der Waals surface area contributed by atoms with Crippen LogP contribution in [0.5, 0.6) is 5.75 Å². The summed E-state index contributed by atoms with van der Waals surface area (Å²) < 4.78 is 5.46. The van der Waals surface area contributed by atoms with E-state index in [-0.39, 0.29) is 12.2 Å². The number of carboxylic acids is 1. The first kappa shape index (κ1) is 12.0. The molecule has 0 atom stereocenters. The smallest absolute Gasteiger partial charge is 0.339 e. The molecule has 6 heteroatoms. The summed E-state index contributed by atoms with van der Waals surface area (Å²) in [6.07, 6.45) is 0. The number of carboxylic acid groups (broad SMARTS) is 1. The molecular formula is C12H13N3O3. The van der Waals surface area contributed by atoms with Crippen LogP contribution < -0.4 is 10.5 Å². The molecular weight excluding hydrogens is 234 g/mol. The van der Waals surface area contributed by atoms with Crippen LogP contribution in [0.2, 0.25) is 0 Å². The number of para-hydroxylation sites is 2. The Labute approximate surface area is 103 Å². The monoisotopic (exact) mass is 247 g/mol. The molecule has 4 N–H and O–H groups in total. The first-order valence-electron chi connectivity index (χ1n) is 5.34. The lowest BCUT2D eigenvalue weighted by molar-refractivity contribution is 0.0693. The quantitative estimate of drug-likeness (QED) is 0.712. The fraction of sp³-hybridized carbons (Fsp3) is 0.167. The second kappa shape index (κ2) is 4.79. The van der Waals surface area contributed by atoms with E-state index in [1.165, 1.54) is 0 Å². The summed E-state index contributed by atoms with van der Waals surface area (Å²) >= 11 is 0. The molecule has 0 bridgehead atoms. The fourth-order valence-electron chi connectivity index (χ4n) is 1.63. The average molecular weight is 247 g/mol. The summed E-state index contributed by atoms with van der Waals surface area (Å²) in [7, 11) is 0. The van der Waals surface area contributed by atoms with Crippen LogP contribution in [0, 0.1) is 6.92 Å². The number of hydrogen-bond donors (Lipinski definition) is 3. The van der Waals surface area contributed by atoms with E-state index in [2.05, 4.69) is 10.2 Å². The topological polar surface area (TPSA) is 101 Å². The van der Waals surface area contributed by atoms with E-state index in [0.717, 1.165) is 0 Å². The normalized spacial score (nSPS) is 10.3. The highest BCUT2D eigenvalue weighted by molar-refractivity contribution is 5.90. The second-order valence-electron chi connectivity index (χ2n) is 3.80. The molecule has 2 rings (SSSR count). The van der Waals surface area contributed by atoms with Crippen LogP contribution >= 0.6 is 0 Å². The van der Waals surface area contributed by atoms with Gasteiger partial charge in [-0.05, 0) is 19.1 Å². The van der Waals surface area contributed by atoms with Gasteiger partial charge in [0.1, 0.15) is 23.6 Å². The van der Waals surface area contributed by atoms with E-state index in [0.29, 0.717) is 22.8 Å². The van der Waals surface area contributed by atoms with Crippen molar-refractivity contribution in [3.63, 3.8) is 0 Å². The Morgan fingerprint density at radius 1 is 1.50 bits per heavy atom. The third-order valence-electron chi connectivity index (χ3n) is 2.52. The van der Waals surface area contributed by atoms with Gasteiger partial charge in [-0.3, -0.25) is 5.10 Å². The molecule has 0 aliphatic rings. The van der Waals surface area contributed by atoms with Gasteiger partial charge in [-0.1, -0.05) is 12.1 Å². The van der Waals surface area contributed by atoms with Crippen molar-refractivity contribution < 1.29 is 14.6 Å². The number of hydrogen-bond acceptors (Lipinski definition) is 4. The predicted molar refractivity (Wildman–Crippen MR) is 65.5 cm³/mol. The zero-order valence-electron chi connectivity index (χ0n) is 9.80. The molecule has 0 fully saturated rings. The number of nitrogens with zero attached hydrogens (tertiary/aromatic N) is 1. The summed E-state index contributed by atoms with van der Waals surface area (Å²) in [5, 5.41) is 15.6. The van der Waals surface area contributed by atoms with Gasteiger partial charge >= 0.3 is 5.97 Å².